The molecule has 2 aromatic rings. The van der Waals surface area contributed by atoms with Gasteiger partial charge in [0, 0.05) is 12.3 Å². The SMILES string of the molecule is Cc1ccc(OCCNC(=O)Cn2cc(C(F)(F)F)ccc2=O)c(C)c1. The number of carbonyl (C=O) groups is 1. The third-order valence-corrected chi connectivity index (χ3v) is 3.64. The fraction of sp³-hybridized carbons (Fsp3) is 0.333. The van der Waals surface area contributed by atoms with Crippen molar-refractivity contribution < 1.29 is 22.7 Å². The lowest BCUT2D eigenvalue weighted by molar-refractivity contribution is -0.138. The van der Waals surface area contributed by atoms with Crippen LogP contribution in [0.3, 0.4) is 0 Å². The summed E-state index contributed by atoms with van der Waals surface area (Å²) in [4.78, 5) is 23.4. The van der Waals surface area contributed by atoms with Gasteiger partial charge in [0.15, 0.2) is 0 Å². The molecule has 0 unspecified atom stereocenters. The van der Waals surface area contributed by atoms with Crippen LogP contribution in [0.15, 0.2) is 41.3 Å². The number of aryl methyl sites for hydroxylation is 2. The van der Waals surface area contributed by atoms with Gasteiger partial charge in [-0.2, -0.15) is 13.2 Å². The van der Waals surface area contributed by atoms with Crippen LogP contribution in [-0.4, -0.2) is 23.6 Å². The van der Waals surface area contributed by atoms with Crippen LogP contribution in [0.1, 0.15) is 16.7 Å². The Hall–Kier alpha value is -2.77. The molecule has 0 saturated heterocycles. The Labute approximate surface area is 148 Å². The molecule has 0 aliphatic heterocycles. The van der Waals surface area contributed by atoms with Gasteiger partial charge in [0.25, 0.3) is 5.56 Å². The van der Waals surface area contributed by atoms with Crippen molar-refractivity contribution in [3.05, 3.63) is 63.6 Å². The van der Waals surface area contributed by atoms with Crippen LogP contribution in [0.5, 0.6) is 5.75 Å². The predicted molar refractivity (Wildman–Crippen MR) is 90.1 cm³/mol. The van der Waals surface area contributed by atoms with Crippen molar-refractivity contribution in [1.29, 1.82) is 0 Å². The monoisotopic (exact) mass is 368 g/mol. The Morgan fingerprint density at radius 3 is 2.58 bits per heavy atom. The minimum Gasteiger partial charge on any atom is -0.491 e. The predicted octanol–water partition coefficient (Wildman–Crippen LogP) is 2.68. The summed E-state index contributed by atoms with van der Waals surface area (Å²) in [6.45, 7) is 3.74. The summed E-state index contributed by atoms with van der Waals surface area (Å²) in [7, 11) is 0. The third kappa shape index (κ3) is 5.37. The number of aromatic nitrogens is 1. The number of carbonyl (C=O) groups excluding carboxylic acids is 1. The molecular formula is C18H19F3N2O3. The molecule has 0 aliphatic rings. The molecule has 0 radical (unpaired) electrons. The van der Waals surface area contributed by atoms with E-state index >= 15 is 0 Å². The fourth-order valence-electron chi connectivity index (χ4n) is 2.35. The molecule has 2 rings (SSSR count). The van der Waals surface area contributed by atoms with Gasteiger partial charge in [0.1, 0.15) is 18.9 Å². The molecular weight excluding hydrogens is 349 g/mol. The van der Waals surface area contributed by atoms with Crippen LogP contribution >= 0.6 is 0 Å². The summed E-state index contributed by atoms with van der Waals surface area (Å²) in [5.74, 6) is 0.120. The van der Waals surface area contributed by atoms with Crippen LogP contribution < -0.4 is 15.6 Å². The summed E-state index contributed by atoms with van der Waals surface area (Å²) < 4.78 is 44.3. The van der Waals surface area contributed by atoms with Crippen molar-refractivity contribution in [1.82, 2.24) is 9.88 Å². The summed E-state index contributed by atoms with van der Waals surface area (Å²) in [6.07, 6.45) is -3.94. The zero-order chi connectivity index (χ0) is 19.3. The number of ether oxygens (including phenoxy) is 1. The van der Waals surface area contributed by atoms with E-state index in [-0.39, 0.29) is 13.2 Å². The van der Waals surface area contributed by atoms with Crippen LogP contribution in [0.2, 0.25) is 0 Å². The number of amides is 1. The zero-order valence-electron chi connectivity index (χ0n) is 14.4. The molecule has 0 atom stereocenters. The summed E-state index contributed by atoms with van der Waals surface area (Å²) in [5.41, 5.74) is 0.407. The highest BCUT2D eigenvalue weighted by Crippen LogP contribution is 2.27. The summed E-state index contributed by atoms with van der Waals surface area (Å²) >= 11 is 0. The lowest BCUT2D eigenvalue weighted by atomic mass is 10.1. The Balaban J connectivity index is 1.86. The fourth-order valence-corrected chi connectivity index (χ4v) is 2.35. The van der Waals surface area contributed by atoms with Crippen LogP contribution in [0, 0.1) is 13.8 Å². The lowest BCUT2D eigenvalue weighted by Gasteiger charge is -2.12. The number of hydrogen-bond donors (Lipinski definition) is 1. The van der Waals surface area contributed by atoms with E-state index < -0.39 is 29.8 Å². The molecule has 0 fully saturated rings. The normalized spacial score (nSPS) is 11.3. The summed E-state index contributed by atoms with van der Waals surface area (Å²) in [6, 6.07) is 7.18. The molecule has 1 heterocycles. The number of rotatable bonds is 6. The molecule has 1 N–H and O–H groups in total. The smallest absolute Gasteiger partial charge is 0.417 e. The Morgan fingerprint density at radius 2 is 1.92 bits per heavy atom. The number of nitrogens with zero attached hydrogens (tertiary/aromatic N) is 1. The molecule has 1 aromatic heterocycles. The van der Waals surface area contributed by atoms with Crippen LogP contribution in [0.25, 0.3) is 0 Å². The first-order valence-corrected chi connectivity index (χ1v) is 7.91. The second-order valence-corrected chi connectivity index (χ2v) is 5.85. The maximum atomic E-state index is 12.7. The van der Waals surface area contributed by atoms with Gasteiger partial charge in [0.2, 0.25) is 5.91 Å². The molecule has 140 valence electrons. The molecule has 0 spiro atoms. The van der Waals surface area contributed by atoms with E-state index in [0.717, 1.165) is 21.8 Å². The van der Waals surface area contributed by atoms with Gasteiger partial charge >= 0.3 is 6.18 Å². The zero-order valence-corrected chi connectivity index (χ0v) is 14.4. The Morgan fingerprint density at radius 1 is 1.19 bits per heavy atom. The first-order valence-electron chi connectivity index (χ1n) is 7.91. The maximum Gasteiger partial charge on any atom is 0.417 e. The molecule has 8 heteroatoms. The minimum atomic E-state index is -4.58. The first kappa shape index (κ1) is 19.6. The maximum absolute atomic E-state index is 12.7. The molecule has 26 heavy (non-hydrogen) atoms. The Kier molecular flexibility index (Phi) is 6.07. The van der Waals surface area contributed by atoms with Gasteiger partial charge in [-0.05, 0) is 31.5 Å². The largest absolute Gasteiger partial charge is 0.491 e. The number of pyridine rings is 1. The highest BCUT2D eigenvalue weighted by atomic mass is 19.4. The molecule has 0 saturated carbocycles. The number of alkyl halides is 3. The van der Waals surface area contributed by atoms with E-state index in [1.807, 2.05) is 32.0 Å². The third-order valence-electron chi connectivity index (χ3n) is 3.64. The second kappa shape index (κ2) is 8.07. The number of benzene rings is 1. The molecule has 1 amide bonds. The molecule has 0 bridgehead atoms. The Bertz CT molecular complexity index is 844. The highest BCUT2D eigenvalue weighted by molar-refractivity contribution is 5.75. The minimum absolute atomic E-state index is 0.167. The number of hydrogen-bond acceptors (Lipinski definition) is 3. The van der Waals surface area contributed by atoms with E-state index in [0.29, 0.717) is 18.0 Å². The van der Waals surface area contributed by atoms with Crippen molar-refractivity contribution in [3.8, 4) is 5.75 Å². The molecule has 0 aliphatic carbocycles. The van der Waals surface area contributed by atoms with E-state index in [1.165, 1.54) is 0 Å². The van der Waals surface area contributed by atoms with Crippen molar-refractivity contribution in [3.63, 3.8) is 0 Å². The van der Waals surface area contributed by atoms with Gasteiger partial charge in [-0.25, -0.2) is 0 Å². The van der Waals surface area contributed by atoms with E-state index in [2.05, 4.69) is 5.32 Å². The quantitative estimate of drug-likeness (QED) is 0.798. The second-order valence-electron chi connectivity index (χ2n) is 5.85. The molecule has 1 aromatic carbocycles. The van der Waals surface area contributed by atoms with Crippen molar-refractivity contribution in [2.75, 3.05) is 13.2 Å². The van der Waals surface area contributed by atoms with Crippen molar-refractivity contribution in [2.45, 2.75) is 26.6 Å². The van der Waals surface area contributed by atoms with Gasteiger partial charge in [0.05, 0.1) is 12.1 Å². The standard InChI is InChI=1S/C18H19F3N2O3/c1-12-3-5-15(13(2)9-12)26-8-7-22-16(24)11-23-10-14(18(19,20)21)4-6-17(23)25/h3-6,9-10H,7-8,11H2,1-2H3,(H,22,24). The topological polar surface area (TPSA) is 60.3 Å². The van der Waals surface area contributed by atoms with Gasteiger partial charge in [-0.3, -0.25) is 9.59 Å². The van der Waals surface area contributed by atoms with E-state index in [4.69, 9.17) is 4.74 Å². The van der Waals surface area contributed by atoms with Crippen molar-refractivity contribution in [2.24, 2.45) is 0 Å². The van der Waals surface area contributed by atoms with Gasteiger partial charge in [-0.15, -0.1) is 0 Å². The first-order chi connectivity index (χ1) is 12.2. The highest BCUT2D eigenvalue weighted by Gasteiger charge is 2.31. The van der Waals surface area contributed by atoms with Crippen LogP contribution in [0.4, 0.5) is 13.2 Å². The average molecular weight is 368 g/mol. The van der Waals surface area contributed by atoms with E-state index in [1.54, 1.807) is 0 Å². The molecule has 5 nitrogen and oxygen atoms in total. The lowest BCUT2D eigenvalue weighted by Crippen LogP contribution is -2.34. The van der Waals surface area contributed by atoms with Crippen molar-refractivity contribution >= 4 is 5.91 Å². The summed E-state index contributed by atoms with van der Waals surface area (Å²) in [5, 5.41) is 2.51. The number of halogens is 3. The number of nitrogens with one attached hydrogen (secondary N) is 1. The van der Waals surface area contributed by atoms with Gasteiger partial charge < -0.3 is 14.6 Å². The van der Waals surface area contributed by atoms with E-state index in [9.17, 15) is 22.8 Å². The van der Waals surface area contributed by atoms with Gasteiger partial charge in [-0.1, -0.05) is 17.7 Å². The van der Waals surface area contributed by atoms with Crippen LogP contribution in [-0.2, 0) is 17.5 Å². The average Bonchev–Trinajstić information content (AvgIpc) is 2.54.